The highest BCUT2D eigenvalue weighted by molar-refractivity contribution is 5.81. The predicted octanol–water partition coefficient (Wildman–Crippen LogP) is 1.12. The smallest absolute Gasteiger partial charge is 0.258 e. The van der Waals surface area contributed by atoms with Gasteiger partial charge in [0, 0.05) is 26.1 Å². The van der Waals surface area contributed by atoms with E-state index in [0.717, 1.165) is 12.0 Å². The van der Waals surface area contributed by atoms with Gasteiger partial charge in [-0.25, -0.2) is 0 Å². The normalized spacial score (nSPS) is 18.0. The lowest BCUT2D eigenvalue weighted by Crippen LogP contribution is -2.47. The second kappa shape index (κ2) is 7.15. The molecule has 0 saturated carbocycles. The van der Waals surface area contributed by atoms with Crippen LogP contribution >= 0.6 is 0 Å². The van der Waals surface area contributed by atoms with Crippen LogP contribution in [0, 0.1) is 6.92 Å². The average Bonchev–Trinajstić information content (AvgIpc) is 2.49. The fourth-order valence-corrected chi connectivity index (χ4v) is 2.37. The summed E-state index contributed by atoms with van der Waals surface area (Å²) in [6, 6.07) is 5.41. The Bertz CT molecular complexity index is 559. The number of amides is 2. The third-order valence-electron chi connectivity index (χ3n) is 3.70. The average molecular weight is 306 g/mol. The number of nitrogens with zero attached hydrogens (tertiary/aromatic N) is 1. The minimum atomic E-state index is -0.231. The number of piperidine rings is 1. The van der Waals surface area contributed by atoms with Crippen molar-refractivity contribution in [3.05, 3.63) is 23.8 Å². The molecule has 1 saturated heterocycles. The van der Waals surface area contributed by atoms with Gasteiger partial charge in [0.1, 0.15) is 0 Å². The van der Waals surface area contributed by atoms with E-state index in [1.807, 2.05) is 19.1 Å². The van der Waals surface area contributed by atoms with Crippen LogP contribution in [0.4, 0.5) is 0 Å². The van der Waals surface area contributed by atoms with Crippen LogP contribution in [0.25, 0.3) is 0 Å². The van der Waals surface area contributed by atoms with Gasteiger partial charge in [0.15, 0.2) is 18.1 Å². The number of carbonyl (C=O) groups excluding carboxylic acids is 2. The number of benzene rings is 1. The number of methoxy groups -OCH3 is 1. The van der Waals surface area contributed by atoms with Crippen molar-refractivity contribution in [2.75, 3.05) is 27.3 Å². The highest BCUT2D eigenvalue weighted by atomic mass is 16.5. The summed E-state index contributed by atoms with van der Waals surface area (Å²) < 4.78 is 10.7. The van der Waals surface area contributed by atoms with Gasteiger partial charge in [-0.2, -0.15) is 0 Å². The van der Waals surface area contributed by atoms with E-state index in [9.17, 15) is 9.59 Å². The van der Waals surface area contributed by atoms with Crippen molar-refractivity contribution in [1.82, 2.24) is 10.2 Å². The van der Waals surface area contributed by atoms with Crippen molar-refractivity contribution in [3.63, 3.8) is 0 Å². The number of hydrogen-bond acceptors (Lipinski definition) is 4. The number of aryl methyl sites for hydroxylation is 1. The topological polar surface area (TPSA) is 67.9 Å². The molecule has 1 unspecified atom stereocenters. The maximum Gasteiger partial charge on any atom is 0.258 e. The third kappa shape index (κ3) is 4.13. The van der Waals surface area contributed by atoms with E-state index in [1.54, 1.807) is 25.1 Å². The summed E-state index contributed by atoms with van der Waals surface area (Å²) in [6.45, 7) is 2.52. The van der Waals surface area contributed by atoms with Crippen LogP contribution in [0.5, 0.6) is 11.5 Å². The molecule has 6 nitrogen and oxygen atoms in total. The number of ether oxygens (including phenoxy) is 2. The van der Waals surface area contributed by atoms with Crippen LogP contribution in [0.15, 0.2) is 18.2 Å². The Morgan fingerprint density at radius 2 is 2.18 bits per heavy atom. The van der Waals surface area contributed by atoms with Gasteiger partial charge >= 0.3 is 0 Å². The number of nitrogens with one attached hydrogen (secondary N) is 1. The second-order valence-corrected chi connectivity index (χ2v) is 5.52. The zero-order chi connectivity index (χ0) is 16.1. The number of hydrogen-bond donors (Lipinski definition) is 1. The van der Waals surface area contributed by atoms with E-state index < -0.39 is 0 Å². The van der Waals surface area contributed by atoms with Gasteiger partial charge in [-0.15, -0.1) is 0 Å². The first kappa shape index (κ1) is 16.1. The zero-order valence-electron chi connectivity index (χ0n) is 13.2. The molecule has 22 heavy (non-hydrogen) atoms. The number of likely N-dealkylation sites (tertiary alicyclic amines) is 1. The molecule has 2 rings (SSSR count). The van der Waals surface area contributed by atoms with Gasteiger partial charge < -0.3 is 19.7 Å². The van der Waals surface area contributed by atoms with Gasteiger partial charge in [-0.3, -0.25) is 9.59 Å². The minimum Gasteiger partial charge on any atom is -0.493 e. The first-order valence-corrected chi connectivity index (χ1v) is 7.30. The molecule has 1 atom stereocenters. The number of rotatable bonds is 5. The zero-order valence-corrected chi connectivity index (χ0v) is 13.2. The van der Waals surface area contributed by atoms with E-state index in [2.05, 4.69) is 5.32 Å². The lowest BCUT2D eigenvalue weighted by Gasteiger charge is -2.29. The van der Waals surface area contributed by atoms with E-state index in [4.69, 9.17) is 9.47 Å². The molecular formula is C16H22N2O4. The summed E-state index contributed by atoms with van der Waals surface area (Å²) in [5.41, 5.74) is 1.05. The molecule has 1 fully saturated rings. The fourth-order valence-electron chi connectivity index (χ4n) is 2.37. The summed E-state index contributed by atoms with van der Waals surface area (Å²) >= 11 is 0. The Hall–Kier alpha value is -2.24. The van der Waals surface area contributed by atoms with E-state index in [1.165, 1.54) is 0 Å². The number of carbonyl (C=O) groups is 2. The van der Waals surface area contributed by atoms with Gasteiger partial charge in [-0.1, -0.05) is 6.07 Å². The Morgan fingerprint density at radius 3 is 2.86 bits per heavy atom. The predicted molar refractivity (Wildman–Crippen MR) is 82.0 cm³/mol. The molecule has 1 aliphatic rings. The Morgan fingerprint density at radius 1 is 1.41 bits per heavy atom. The molecule has 1 aromatic carbocycles. The SMILES string of the molecule is COc1cc(C)ccc1OCC(=O)NC1CCN(C)C(=O)C1. The molecule has 0 aromatic heterocycles. The van der Waals surface area contributed by atoms with Crippen LogP contribution < -0.4 is 14.8 Å². The highest BCUT2D eigenvalue weighted by Gasteiger charge is 2.24. The maximum atomic E-state index is 11.9. The molecule has 2 amide bonds. The van der Waals surface area contributed by atoms with Crippen LogP contribution in [-0.2, 0) is 9.59 Å². The second-order valence-electron chi connectivity index (χ2n) is 5.52. The Kier molecular flexibility index (Phi) is 5.25. The summed E-state index contributed by atoms with van der Waals surface area (Å²) in [5.74, 6) is 0.952. The summed E-state index contributed by atoms with van der Waals surface area (Å²) in [4.78, 5) is 25.2. The molecule has 0 aliphatic carbocycles. The standard InChI is InChI=1S/C16H22N2O4/c1-11-4-5-13(14(8-11)21-3)22-10-15(19)17-12-6-7-18(2)16(20)9-12/h4-5,8,12H,6-7,9-10H2,1-3H3,(H,17,19). The van der Waals surface area contributed by atoms with Crippen molar-refractivity contribution in [3.8, 4) is 11.5 Å². The van der Waals surface area contributed by atoms with Gasteiger partial charge in [0.2, 0.25) is 5.91 Å². The Labute approximate surface area is 130 Å². The first-order valence-electron chi connectivity index (χ1n) is 7.30. The summed E-state index contributed by atoms with van der Waals surface area (Å²) in [5, 5.41) is 2.84. The van der Waals surface area contributed by atoms with Crippen molar-refractivity contribution in [2.45, 2.75) is 25.8 Å². The van der Waals surface area contributed by atoms with E-state index in [-0.39, 0.29) is 24.5 Å². The largest absolute Gasteiger partial charge is 0.493 e. The highest BCUT2D eigenvalue weighted by Crippen LogP contribution is 2.27. The van der Waals surface area contributed by atoms with Crippen LogP contribution in [-0.4, -0.2) is 50.1 Å². The minimum absolute atomic E-state index is 0.0534. The van der Waals surface area contributed by atoms with Gasteiger partial charge in [0.05, 0.1) is 7.11 Å². The molecule has 6 heteroatoms. The molecule has 1 heterocycles. The van der Waals surface area contributed by atoms with Crippen molar-refractivity contribution in [1.29, 1.82) is 0 Å². The molecule has 0 bridgehead atoms. The monoisotopic (exact) mass is 306 g/mol. The molecule has 1 aromatic rings. The molecule has 1 aliphatic heterocycles. The molecular weight excluding hydrogens is 284 g/mol. The van der Waals surface area contributed by atoms with E-state index in [0.29, 0.717) is 24.5 Å². The quantitative estimate of drug-likeness (QED) is 0.885. The van der Waals surface area contributed by atoms with Crippen LogP contribution in [0.1, 0.15) is 18.4 Å². The molecule has 0 radical (unpaired) electrons. The van der Waals surface area contributed by atoms with Crippen molar-refractivity contribution >= 4 is 11.8 Å². The van der Waals surface area contributed by atoms with Crippen LogP contribution in [0.3, 0.4) is 0 Å². The van der Waals surface area contributed by atoms with Crippen molar-refractivity contribution in [2.24, 2.45) is 0 Å². The third-order valence-corrected chi connectivity index (χ3v) is 3.70. The molecule has 1 N–H and O–H groups in total. The van der Waals surface area contributed by atoms with E-state index >= 15 is 0 Å². The van der Waals surface area contributed by atoms with Crippen molar-refractivity contribution < 1.29 is 19.1 Å². The maximum absolute atomic E-state index is 11.9. The summed E-state index contributed by atoms with van der Waals surface area (Å²) in [6.07, 6.45) is 1.11. The van der Waals surface area contributed by atoms with Gasteiger partial charge in [-0.05, 0) is 31.0 Å². The van der Waals surface area contributed by atoms with Gasteiger partial charge in [0.25, 0.3) is 5.91 Å². The fraction of sp³-hybridized carbons (Fsp3) is 0.500. The Balaban J connectivity index is 1.84. The first-order chi connectivity index (χ1) is 10.5. The lowest BCUT2D eigenvalue weighted by atomic mass is 10.1. The lowest BCUT2D eigenvalue weighted by molar-refractivity contribution is -0.133. The molecule has 120 valence electrons. The summed E-state index contributed by atoms with van der Waals surface area (Å²) in [7, 11) is 3.33. The van der Waals surface area contributed by atoms with Crippen LogP contribution in [0.2, 0.25) is 0 Å². The molecule has 0 spiro atoms.